The van der Waals surface area contributed by atoms with E-state index in [0.717, 1.165) is 16.7 Å². The Morgan fingerprint density at radius 2 is 1.53 bits per heavy atom. The smallest absolute Gasteiger partial charge is 0.251 e. The van der Waals surface area contributed by atoms with Crippen molar-refractivity contribution in [2.24, 2.45) is 10.7 Å². The van der Waals surface area contributed by atoms with Crippen molar-refractivity contribution in [1.29, 1.82) is 0 Å². The molecule has 34 heavy (non-hydrogen) atoms. The number of aliphatic imine (C=N–C) groups is 1. The largest absolute Gasteiger partial charge is 0.369 e. The highest BCUT2D eigenvalue weighted by atomic mass is 16.2. The number of guanidine groups is 1. The van der Waals surface area contributed by atoms with Gasteiger partial charge in [-0.3, -0.25) is 14.5 Å². The monoisotopic (exact) mass is 454 g/mol. The van der Waals surface area contributed by atoms with E-state index in [9.17, 15) is 9.59 Å². The van der Waals surface area contributed by atoms with Crippen molar-refractivity contribution >= 4 is 17.8 Å². The summed E-state index contributed by atoms with van der Waals surface area (Å²) >= 11 is 0. The average Bonchev–Trinajstić information content (AvgIpc) is 2.82. The lowest BCUT2D eigenvalue weighted by Crippen LogP contribution is -2.51. The van der Waals surface area contributed by atoms with Gasteiger partial charge in [0, 0.05) is 5.56 Å². The first-order valence-electron chi connectivity index (χ1n) is 11.4. The van der Waals surface area contributed by atoms with Gasteiger partial charge >= 0.3 is 0 Å². The van der Waals surface area contributed by atoms with Crippen LogP contribution in [0.3, 0.4) is 0 Å². The van der Waals surface area contributed by atoms with E-state index in [4.69, 9.17) is 5.73 Å². The number of carbonyl (C=O) groups excluding carboxylic acids is 2. The molecule has 2 amide bonds. The number of hydrogen-bond donors (Lipinski definition) is 2. The molecule has 1 aliphatic heterocycles. The van der Waals surface area contributed by atoms with Crippen LogP contribution in [0.25, 0.3) is 0 Å². The first-order valence-corrected chi connectivity index (χ1v) is 11.4. The number of nitrogens with zero attached hydrogens (tertiary/aromatic N) is 2. The molecule has 0 aliphatic carbocycles. The third-order valence-electron chi connectivity index (χ3n) is 6.00. The molecule has 174 valence electrons. The Morgan fingerprint density at radius 1 is 0.941 bits per heavy atom. The molecule has 4 rings (SSSR count). The van der Waals surface area contributed by atoms with Gasteiger partial charge in [0.2, 0.25) is 5.91 Å². The minimum Gasteiger partial charge on any atom is -0.369 e. The summed E-state index contributed by atoms with van der Waals surface area (Å²) in [6.07, 6.45) is 0.256. The number of rotatable bonds is 6. The van der Waals surface area contributed by atoms with Crippen LogP contribution in [-0.4, -0.2) is 28.2 Å². The van der Waals surface area contributed by atoms with Crippen molar-refractivity contribution in [3.05, 3.63) is 107 Å². The highest BCUT2D eigenvalue weighted by molar-refractivity contribution is 6.00. The first-order chi connectivity index (χ1) is 16.2. The standard InChI is InChI=1S/C28H30N4O2/c1-19(20-11-6-4-7-12-20)30-26(34)23-16-10-15-22(17-23)25(21-13-8-5-9-14-21)32-24(33)18-28(2,3)31-27(32)29/h4-17,19,25H,18H2,1-3H3,(H2,29,31)(H,30,34). The van der Waals surface area contributed by atoms with E-state index in [1.165, 1.54) is 0 Å². The Morgan fingerprint density at radius 3 is 2.15 bits per heavy atom. The van der Waals surface area contributed by atoms with Crippen LogP contribution in [0.5, 0.6) is 0 Å². The zero-order chi connectivity index (χ0) is 24.3. The van der Waals surface area contributed by atoms with Crippen molar-refractivity contribution in [2.45, 2.75) is 44.8 Å². The maximum Gasteiger partial charge on any atom is 0.251 e. The number of nitrogens with one attached hydrogen (secondary N) is 1. The second-order valence-corrected chi connectivity index (χ2v) is 9.27. The second kappa shape index (κ2) is 9.51. The van der Waals surface area contributed by atoms with Crippen LogP contribution in [0, 0.1) is 0 Å². The average molecular weight is 455 g/mol. The molecule has 3 aromatic carbocycles. The van der Waals surface area contributed by atoms with Gasteiger partial charge in [0.05, 0.1) is 24.0 Å². The Labute approximate surface area is 200 Å². The molecule has 1 heterocycles. The molecule has 0 fully saturated rings. The van der Waals surface area contributed by atoms with Crippen molar-refractivity contribution in [3.63, 3.8) is 0 Å². The molecular formula is C28H30N4O2. The Kier molecular flexibility index (Phi) is 6.50. The molecule has 0 spiro atoms. The summed E-state index contributed by atoms with van der Waals surface area (Å²) in [5, 5.41) is 3.06. The summed E-state index contributed by atoms with van der Waals surface area (Å²) in [7, 11) is 0. The summed E-state index contributed by atoms with van der Waals surface area (Å²) in [5.74, 6) is -0.0978. The molecular weight excluding hydrogens is 424 g/mol. The van der Waals surface area contributed by atoms with Crippen LogP contribution in [-0.2, 0) is 4.79 Å². The van der Waals surface area contributed by atoms with Gasteiger partial charge < -0.3 is 11.1 Å². The molecule has 2 unspecified atom stereocenters. The maximum atomic E-state index is 13.2. The number of carbonyl (C=O) groups is 2. The number of benzene rings is 3. The predicted molar refractivity (Wildman–Crippen MR) is 134 cm³/mol. The lowest BCUT2D eigenvalue weighted by Gasteiger charge is -2.38. The summed E-state index contributed by atoms with van der Waals surface area (Å²) < 4.78 is 0. The molecule has 3 N–H and O–H groups in total. The van der Waals surface area contributed by atoms with E-state index in [2.05, 4.69) is 10.3 Å². The zero-order valence-electron chi connectivity index (χ0n) is 19.7. The maximum absolute atomic E-state index is 13.2. The van der Waals surface area contributed by atoms with Gasteiger partial charge in [-0.25, -0.2) is 4.99 Å². The van der Waals surface area contributed by atoms with E-state index >= 15 is 0 Å². The SMILES string of the molecule is CC(NC(=O)c1cccc(C(c2ccccc2)N2C(=O)CC(C)(C)N=C2N)c1)c1ccccc1. The van der Waals surface area contributed by atoms with Crippen molar-refractivity contribution in [3.8, 4) is 0 Å². The molecule has 6 nitrogen and oxygen atoms in total. The summed E-state index contributed by atoms with van der Waals surface area (Å²) in [5.41, 5.74) is 9.00. The van der Waals surface area contributed by atoms with Crippen molar-refractivity contribution < 1.29 is 9.59 Å². The second-order valence-electron chi connectivity index (χ2n) is 9.27. The Bertz CT molecular complexity index is 1210. The fourth-order valence-corrected chi connectivity index (χ4v) is 4.34. The quantitative estimate of drug-likeness (QED) is 0.571. The van der Waals surface area contributed by atoms with Gasteiger partial charge in [0.25, 0.3) is 5.91 Å². The molecule has 6 heteroatoms. The van der Waals surface area contributed by atoms with Crippen LogP contribution >= 0.6 is 0 Å². The van der Waals surface area contributed by atoms with Gasteiger partial charge in [0.15, 0.2) is 5.96 Å². The summed E-state index contributed by atoms with van der Waals surface area (Å²) in [4.78, 5) is 32.4. The van der Waals surface area contributed by atoms with Gasteiger partial charge in [-0.2, -0.15) is 0 Å². The molecule has 0 aromatic heterocycles. The number of hydrogen-bond acceptors (Lipinski definition) is 4. The third-order valence-corrected chi connectivity index (χ3v) is 6.00. The van der Waals surface area contributed by atoms with Crippen molar-refractivity contribution in [1.82, 2.24) is 10.2 Å². The van der Waals surface area contributed by atoms with Crippen LogP contribution in [0.2, 0.25) is 0 Å². The fourth-order valence-electron chi connectivity index (χ4n) is 4.34. The van der Waals surface area contributed by atoms with Crippen LogP contribution < -0.4 is 11.1 Å². The van der Waals surface area contributed by atoms with E-state index in [0.29, 0.717) is 5.56 Å². The van der Waals surface area contributed by atoms with E-state index < -0.39 is 11.6 Å². The topological polar surface area (TPSA) is 87.8 Å². The molecule has 0 saturated carbocycles. The molecule has 2 atom stereocenters. The normalized spacial score (nSPS) is 17.0. The lowest BCUT2D eigenvalue weighted by molar-refractivity contribution is -0.130. The molecule has 3 aromatic rings. The fraction of sp³-hybridized carbons (Fsp3) is 0.250. The van der Waals surface area contributed by atoms with Gasteiger partial charge in [-0.05, 0) is 49.6 Å². The minimum atomic E-state index is -0.547. The molecule has 0 radical (unpaired) electrons. The highest BCUT2D eigenvalue weighted by Gasteiger charge is 2.37. The zero-order valence-corrected chi connectivity index (χ0v) is 19.7. The minimum absolute atomic E-state index is 0.0982. The number of nitrogens with two attached hydrogens (primary N) is 1. The van der Waals surface area contributed by atoms with Crippen LogP contribution in [0.15, 0.2) is 89.9 Å². The molecule has 0 bridgehead atoms. The Hall–Kier alpha value is -3.93. The summed E-state index contributed by atoms with van der Waals surface area (Å²) in [6.45, 7) is 5.74. The van der Waals surface area contributed by atoms with Gasteiger partial charge in [-0.15, -0.1) is 0 Å². The first kappa shape index (κ1) is 23.2. The van der Waals surface area contributed by atoms with Crippen LogP contribution in [0.4, 0.5) is 0 Å². The third kappa shape index (κ3) is 5.01. The predicted octanol–water partition coefficient (Wildman–Crippen LogP) is 4.59. The highest BCUT2D eigenvalue weighted by Crippen LogP contribution is 2.33. The molecule has 0 saturated heterocycles. The molecule has 1 aliphatic rings. The lowest BCUT2D eigenvalue weighted by atomic mass is 9.92. The Balaban J connectivity index is 1.69. The summed E-state index contributed by atoms with van der Waals surface area (Å²) in [6, 6.07) is 26.2. The van der Waals surface area contributed by atoms with E-state index in [1.807, 2.05) is 99.6 Å². The van der Waals surface area contributed by atoms with E-state index in [1.54, 1.807) is 11.0 Å². The van der Waals surface area contributed by atoms with Crippen molar-refractivity contribution in [2.75, 3.05) is 0 Å². The number of amides is 2. The van der Waals surface area contributed by atoms with Gasteiger partial charge in [0.1, 0.15) is 0 Å². The van der Waals surface area contributed by atoms with Gasteiger partial charge in [-0.1, -0.05) is 72.8 Å². The van der Waals surface area contributed by atoms with E-state index in [-0.39, 0.29) is 30.2 Å². The van der Waals surface area contributed by atoms with Crippen LogP contribution in [0.1, 0.15) is 66.3 Å².